The molecule has 2 aromatic rings. The summed E-state index contributed by atoms with van der Waals surface area (Å²) in [6, 6.07) is 6.44. The number of hydrogen-bond donors (Lipinski definition) is 0. The van der Waals surface area contributed by atoms with Crippen molar-refractivity contribution >= 4 is 23.9 Å². The van der Waals surface area contributed by atoms with Crippen LogP contribution in [0.25, 0.3) is 0 Å². The molecular formula is C27H28O11. The molecule has 1 saturated heterocycles. The van der Waals surface area contributed by atoms with Gasteiger partial charge in [0.25, 0.3) is 0 Å². The van der Waals surface area contributed by atoms with Crippen molar-refractivity contribution in [2.24, 2.45) is 11.8 Å². The maximum absolute atomic E-state index is 13.1. The Hall–Kier alpha value is -4.28. The van der Waals surface area contributed by atoms with Crippen LogP contribution in [-0.2, 0) is 28.7 Å². The summed E-state index contributed by atoms with van der Waals surface area (Å²) in [4.78, 5) is 49.0. The summed E-state index contributed by atoms with van der Waals surface area (Å²) in [5, 5.41) is 0. The third-order valence-corrected chi connectivity index (χ3v) is 6.54. The summed E-state index contributed by atoms with van der Waals surface area (Å²) >= 11 is 0. The molecule has 2 aromatic carbocycles. The molecule has 0 bridgehead atoms. The van der Waals surface area contributed by atoms with Crippen LogP contribution >= 0.6 is 0 Å². The molecule has 4 atom stereocenters. The maximum Gasteiger partial charge on any atom is 0.310 e. The fraction of sp³-hybridized carbons (Fsp3) is 0.407. The second-order valence-corrected chi connectivity index (χ2v) is 8.90. The quantitative estimate of drug-likeness (QED) is 0.388. The molecule has 1 aliphatic carbocycles. The fourth-order valence-electron chi connectivity index (χ4n) is 5.21. The number of carbonyl (C=O) groups is 4. The number of benzene rings is 2. The Kier molecular flexibility index (Phi) is 7.47. The Bertz CT molecular complexity index is 1270. The van der Waals surface area contributed by atoms with Crippen molar-refractivity contribution in [2.75, 3.05) is 27.9 Å². The molecule has 1 fully saturated rings. The summed E-state index contributed by atoms with van der Waals surface area (Å²) < 4.78 is 38.3. The van der Waals surface area contributed by atoms with Crippen LogP contribution in [-0.4, -0.2) is 51.8 Å². The first-order valence-corrected chi connectivity index (χ1v) is 11.8. The lowest BCUT2D eigenvalue weighted by atomic mass is 9.66. The summed E-state index contributed by atoms with van der Waals surface area (Å²) in [7, 11) is 4.43. The molecule has 202 valence electrons. The van der Waals surface area contributed by atoms with Gasteiger partial charge in [-0.3, -0.25) is 19.2 Å². The monoisotopic (exact) mass is 528 g/mol. The van der Waals surface area contributed by atoms with E-state index >= 15 is 0 Å². The number of cyclic esters (lactones) is 1. The highest BCUT2D eigenvalue weighted by Crippen LogP contribution is 2.56. The number of esters is 4. The molecule has 0 aromatic heterocycles. The van der Waals surface area contributed by atoms with E-state index in [4.69, 9.17) is 33.2 Å². The molecule has 0 amide bonds. The first kappa shape index (κ1) is 26.8. The van der Waals surface area contributed by atoms with Crippen LogP contribution in [0.1, 0.15) is 49.5 Å². The molecule has 38 heavy (non-hydrogen) atoms. The minimum atomic E-state index is -0.891. The smallest absolute Gasteiger partial charge is 0.310 e. The summed E-state index contributed by atoms with van der Waals surface area (Å²) in [6.07, 6.45) is -0.891. The van der Waals surface area contributed by atoms with Gasteiger partial charge < -0.3 is 33.2 Å². The molecule has 1 heterocycles. The van der Waals surface area contributed by atoms with Crippen LogP contribution in [0.2, 0.25) is 0 Å². The van der Waals surface area contributed by atoms with Gasteiger partial charge in [-0.1, -0.05) is 0 Å². The normalized spacial score (nSPS) is 21.4. The minimum absolute atomic E-state index is 0.0103. The SMILES string of the molecule is COc1cc([C@@H]2c3cc(OC(C)=O)c(OC(C)=O)cc3[C@@H](OC(C)=O)[C@H]3COC(=O)[C@H]23)cc(OC)c1OC. The van der Waals surface area contributed by atoms with E-state index < -0.39 is 47.7 Å². The van der Waals surface area contributed by atoms with Crippen LogP contribution in [0.4, 0.5) is 0 Å². The van der Waals surface area contributed by atoms with E-state index in [-0.39, 0.29) is 18.1 Å². The molecular weight excluding hydrogens is 500 g/mol. The molecule has 1 aliphatic heterocycles. The third kappa shape index (κ3) is 4.83. The van der Waals surface area contributed by atoms with E-state index in [0.29, 0.717) is 33.9 Å². The third-order valence-electron chi connectivity index (χ3n) is 6.54. The van der Waals surface area contributed by atoms with Gasteiger partial charge in [0.1, 0.15) is 6.10 Å². The Morgan fingerprint density at radius 3 is 1.79 bits per heavy atom. The number of methoxy groups -OCH3 is 3. The molecule has 0 radical (unpaired) electrons. The van der Waals surface area contributed by atoms with Gasteiger partial charge in [0, 0.05) is 38.2 Å². The molecule has 4 rings (SSSR count). The summed E-state index contributed by atoms with van der Waals surface area (Å²) in [5.74, 6) is -3.27. The number of ether oxygens (including phenoxy) is 7. The highest BCUT2D eigenvalue weighted by Gasteiger charge is 2.54. The van der Waals surface area contributed by atoms with Crippen molar-refractivity contribution in [1.29, 1.82) is 0 Å². The second kappa shape index (κ2) is 10.6. The highest BCUT2D eigenvalue weighted by atomic mass is 16.6. The van der Waals surface area contributed by atoms with Crippen LogP contribution in [0, 0.1) is 11.8 Å². The molecule has 0 saturated carbocycles. The van der Waals surface area contributed by atoms with Crippen LogP contribution in [0.5, 0.6) is 28.7 Å². The van der Waals surface area contributed by atoms with Gasteiger partial charge in [-0.2, -0.15) is 0 Å². The van der Waals surface area contributed by atoms with E-state index in [1.807, 2.05) is 0 Å². The lowest BCUT2D eigenvalue weighted by Gasteiger charge is -2.38. The van der Waals surface area contributed by atoms with Gasteiger partial charge in [0.05, 0.1) is 33.9 Å². The Morgan fingerprint density at radius 1 is 0.763 bits per heavy atom. The zero-order valence-electron chi connectivity index (χ0n) is 21.8. The van der Waals surface area contributed by atoms with E-state index in [0.717, 1.165) is 0 Å². The first-order valence-electron chi connectivity index (χ1n) is 11.8. The first-order chi connectivity index (χ1) is 18.1. The molecule has 11 nitrogen and oxygen atoms in total. The predicted molar refractivity (Wildman–Crippen MR) is 129 cm³/mol. The van der Waals surface area contributed by atoms with E-state index in [1.165, 1.54) is 54.2 Å². The van der Waals surface area contributed by atoms with Crippen molar-refractivity contribution in [3.63, 3.8) is 0 Å². The van der Waals surface area contributed by atoms with E-state index in [9.17, 15) is 19.2 Å². The molecule has 0 unspecified atom stereocenters. The number of hydrogen-bond acceptors (Lipinski definition) is 11. The Labute approximate surface area is 218 Å². The average Bonchev–Trinajstić information content (AvgIpc) is 3.24. The average molecular weight is 529 g/mol. The Balaban J connectivity index is 2.03. The second-order valence-electron chi connectivity index (χ2n) is 8.90. The zero-order chi connectivity index (χ0) is 27.7. The van der Waals surface area contributed by atoms with Gasteiger partial charge >= 0.3 is 23.9 Å². The van der Waals surface area contributed by atoms with E-state index in [2.05, 4.69) is 0 Å². The fourth-order valence-corrected chi connectivity index (χ4v) is 5.21. The zero-order valence-corrected chi connectivity index (χ0v) is 21.8. The van der Waals surface area contributed by atoms with Gasteiger partial charge in [-0.25, -0.2) is 0 Å². The number of carbonyl (C=O) groups excluding carboxylic acids is 4. The Morgan fingerprint density at radius 2 is 1.32 bits per heavy atom. The largest absolute Gasteiger partial charge is 0.493 e. The lowest BCUT2D eigenvalue weighted by molar-refractivity contribution is -0.152. The van der Waals surface area contributed by atoms with E-state index in [1.54, 1.807) is 12.1 Å². The van der Waals surface area contributed by atoms with Gasteiger partial charge in [0.2, 0.25) is 5.75 Å². The molecule has 0 N–H and O–H groups in total. The molecule has 2 aliphatic rings. The molecule has 11 heteroatoms. The van der Waals surface area contributed by atoms with Crippen molar-refractivity contribution in [2.45, 2.75) is 32.8 Å². The summed E-state index contributed by atoms with van der Waals surface area (Å²) in [6.45, 7) is 3.69. The van der Waals surface area contributed by atoms with Gasteiger partial charge in [0.15, 0.2) is 23.0 Å². The maximum atomic E-state index is 13.1. The van der Waals surface area contributed by atoms with Gasteiger partial charge in [-0.05, 0) is 35.4 Å². The molecule has 0 spiro atoms. The van der Waals surface area contributed by atoms with Crippen molar-refractivity contribution < 1.29 is 52.3 Å². The van der Waals surface area contributed by atoms with Crippen molar-refractivity contribution in [3.8, 4) is 28.7 Å². The van der Waals surface area contributed by atoms with Crippen LogP contribution in [0.3, 0.4) is 0 Å². The van der Waals surface area contributed by atoms with Crippen molar-refractivity contribution in [1.82, 2.24) is 0 Å². The minimum Gasteiger partial charge on any atom is -0.493 e. The predicted octanol–water partition coefficient (Wildman–Crippen LogP) is 3.10. The van der Waals surface area contributed by atoms with Gasteiger partial charge in [-0.15, -0.1) is 0 Å². The highest BCUT2D eigenvalue weighted by molar-refractivity contribution is 5.80. The topological polar surface area (TPSA) is 133 Å². The van der Waals surface area contributed by atoms with Crippen molar-refractivity contribution in [3.05, 3.63) is 41.0 Å². The summed E-state index contributed by atoms with van der Waals surface area (Å²) in [5.41, 5.74) is 1.60. The van der Waals surface area contributed by atoms with Crippen LogP contribution in [0.15, 0.2) is 24.3 Å². The standard InChI is InChI=1S/C27H28O11/c1-12(28)36-19-9-16-17(10-20(19)37-13(2)29)25(38-14(3)30)18-11-35-27(31)24(18)23(16)15-7-21(32-4)26(34-6)22(8-15)33-5/h7-10,18,23-25H,11H2,1-6H3/t18-,23+,24-,25+/m0/s1. The lowest BCUT2D eigenvalue weighted by Crippen LogP contribution is -2.36. The number of rotatable bonds is 7. The van der Waals surface area contributed by atoms with Crippen LogP contribution < -0.4 is 23.7 Å². The number of fused-ring (bicyclic) bond motifs is 2.